The lowest BCUT2D eigenvalue weighted by atomic mass is 10.5. The first-order valence-corrected chi connectivity index (χ1v) is 5.99. The highest BCUT2D eigenvalue weighted by atomic mass is 32.2. The Morgan fingerprint density at radius 2 is 2.13 bits per heavy atom. The van der Waals surface area contributed by atoms with Crippen LogP contribution >= 0.6 is 0 Å². The Hall–Kier alpha value is -1.76. The molecule has 0 spiro atoms. The van der Waals surface area contributed by atoms with Crippen LogP contribution in [-0.4, -0.2) is 34.4 Å². The first kappa shape index (κ1) is 9.78. The normalized spacial score (nSPS) is 11.5. The second kappa shape index (κ2) is 3.43. The van der Waals surface area contributed by atoms with Crippen LogP contribution in [0.1, 0.15) is 0 Å². The molecule has 0 fully saturated rings. The lowest BCUT2D eigenvalue weighted by Gasteiger charge is -2.02. The first-order valence-electron chi connectivity index (χ1n) is 4.10. The average Bonchev–Trinajstić information content (AvgIpc) is 2.67. The van der Waals surface area contributed by atoms with Crippen molar-refractivity contribution in [3.63, 3.8) is 0 Å². The van der Waals surface area contributed by atoms with Crippen molar-refractivity contribution in [3.8, 4) is 5.82 Å². The maximum absolute atomic E-state index is 11.3. The summed E-state index contributed by atoms with van der Waals surface area (Å²) in [4.78, 5) is 4.01. The lowest BCUT2D eigenvalue weighted by molar-refractivity contribution is 0.588. The zero-order valence-electron chi connectivity index (χ0n) is 7.90. The van der Waals surface area contributed by atoms with Gasteiger partial charge in [0, 0.05) is 12.5 Å². The Bertz CT molecular complexity index is 561. The maximum Gasteiger partial charge on any atom is 0.255 e. The summed E-state index contributed by atoms with van der Waals surface area (Å²) >= 11 is 0. The molecule has 2 heterocycles. The monoisotopic (exact) mass is 224 g/mol. The molecule has 0 radical (unpaired) electrons. The molecule has 0 saturated carbocycles. The quantitative estimate of drug-likeness (QED) is 0.721. The van der Waals surface area contributed by atoms with E-state index >= 15 is 0 Å². The minimum atomic E-state index is -3.39. The second-order valence-electron chi connectivity index (χ2n) is 2.94. The zero-order valence-corrected chi connectivity index (χ0v) is 8.72. The van der Waals surface area contributed by atoms with E-state index < -0.39 is 9.84 Å². The van der Waals surface area contributed by atoms with Crippen LogP contribution in [-0.2, 0) is 9.84 Å². The molecule has 0 bridgehead atoms. The molecule has 0 aliphatic carbocycles. The molecule has 0 unspecified atom stereocenters. The van der Waals surface area contributed by atoms with Gasteiger partial charge in [-0.25, -0.2) is 13.4 Å². The highest BCUT2D eigenvalue weighted by molar-refractivity contribution is 7.90. The fourth-order valence-corrected chi connectivity index (χ4v) is 1.82. The maximum atomic E-state index is 11.3. The molecule has 7 heteroatoms. The van der Waals surface area contributed by atoms with Gasteiger partial charge in [-0.3, -0.25) is 4.57 Å². The van der Waals surface area contributed by atoms with E-state index in [1.54, 1.807) is 24.4 Å². The summed E-state index contributed by atoms with van der Waals surface area (Å²) in [7, 11) is -3.39. The van der Waals surface area contributed by atoms with E-state index in [9.17, 15) is 8.42 Å². The van der Waals surface area contributed by atoms with Crippen molar-refractivity contribution in [2.24, 2.45) is 0 Å². The molecule has 6 nitrogen and oxygen atoms in total. The number of aromatic nitrogens is 4. The minimum absolute atomic E-state index is 0.110. The molecule has 0 aromatic carbocycles. The van der Waals surface area contributed by atoms with Gasteiger partial charge in [0.25, 0.3) is 5.16 Å². The molecular formula is C8H8N4O2S. The van der Waals surface area contributed by atoms with Crippen molar-refractivity contribution in [2.75, 3.05) is 6.26 Å². The van der Waals surface area contributed by atoms with Gasteiger partial charge in [-0.15, -0.1) is 10.2 Å². The summed E-state index contributed by atoms with van der Waals surface area (Å²) < 4.78 is 24.0. The van der Waals surface area contributed by atoms with Gasteiger partial charge in [-0.05, 0) is 12.1 Å². The summed E-state index contributed by atoms with van der Waals surface area (Å²) in [5.41, 5.74) is 0. The van der Waals surface area contributed by atoms with Crippen LogP contribution in [0.4, 0.5) is 0 Å². The topological polar surface area (TPSA) is 77.7 Å². The van der Waals surface area contributed by atoms with E-state index in [4.69, 9.17) is 0 Å². The highest BCUT2D eigenvalue weighted by Crippen LogP contribution is 2.10. The van der Waals surface area contributed by atoms with Crippen molar-refractivity contribution < 1.29 is 8.42 Å². The molecule has 0 amide bonds. The van der Waals surface area contributed by atoms with Gasteiger partial charge in [-0.2, -0.15) is 0 Å². The van der Waals surface area contributed by atoms with Gasteiger partial charge in [0.05, 0.1) is 0 Å². The smallest absolute Gasteiger partial charge is 0.255 e. The number of pyridine rings is 1. The Balaban J connectivity index is 2.61. The van der Waals surface area contributed by atoms with Gasteiger partial charge in [0.1, 0.15) is 12.1 Å². The molecule has 0 N–H and O–H groups in total. The largest absolute Gasteiger partial charge is 0.256 e. The molecule has 0 aliphatic heterocycles. The van der Waals surface area contributed by atoms with Crippen LogP contribution in [0.25, 0.3) is 5.82 Å². The van der Waals surface area contributed by atoms with Crippen LogP contribution in [0.2, 0.25) is 0 Å². The molecule has 78 valence electrons. The fraction of sp³-hybridized carbons (Fsp3) is 0.125. The Kier molecular flexibility index (Phi) is 2.24. The van der Waals surface area contributed by atoms with E-state index in [0.717, 1.165) is 6.26 Å². The second-order valence-corrected chi connectivity index (χ2v) is 4.85. The van der Waals surface area contributed by atoms with Crippen molar-refractivity contribution in [1.29, 1.82) is 0 Å². The van der Waals surface area contributed by atoms with Crippen LogP contribution < -0.4 is 0 Å². The third-order valence-corrected chi connectivity index (χ3v) is 2.69. The number of sulfone groups is 1. The molecule has 2 aromatic heterocycles. The third-order valence-electron chi connectivity index (χ3n) is 1.74. The lowest BCUT2D eigenvalue weighted by Crippen LogP contribution is -2.08. The van der Waals surface area contributed by atoms with Gasteiger partial charge in [0.15, 0.2) is 0 Å². The van der Waals surface area contributed by atoms with E-state index in [0.29, 0.717) is 5.82 Å². The number of nitrogens with zero attached hydrogens (tertiary/aromatic N) is 4. The number of hydrogen-bond donors (Lipinski definition) is 0. The molecule has 2 rings (SSSR count). The predicted molar refractivity (Wildman–Crippen MR) is 52.3 cm³/mol. The molecular weight excluding hydrogens is 216 g/mol. The van der Waals surface area contributed by atoms with Crippen molar-refractivity contribution >= 4 is 9.84 Å². The summed E-state index contributed by atoms with van der Waals surface area (Å²) in [5.74, 6) is 0.475. The summed E-state index contributed by atoms with van der Waals surface area (Å²) in [6.45, 7) is 0. The van der Waals surface area contributed by atoms with Gasteiger partial charge >= 0.3 is 0 Å². The van der Waals surface area contributed by atoms with Gasteiger partial charge in [-0.1, -0.05) is 6.07 Å². The van der Waals surface area contributed by atoms with Crippen LogP contribution in [0.15, 0.2) is 35.9 Å². The SMILES string of the molecule is CS(=O)(=O)c1nncn1-c1ccccn1. The molecule has 2 aromatic rings. The molecule has 0 saturated heterocycles. The van der Waals surface area contributed by atoms with Crippen LogP contribution in [0.5, 0.6) is 0 Å². The molecule has 0 aliphatic rings. The summed E-state index contributed by atoms with van der Waals surface area (Å²) in [6, 6.07) is 5.18. The van der Waals surface area contributed by atoms with Gasteiger partial charge < -0.3 is 0 Å². The van der Waals surface area contributed by atoms with Crippen molar-refractivity contribution in [1.82, 2.24) is 19.7 Å². The minimum Gasteiger partial charge on any atom is -0.256 e. The zero-order chi connectivity index (χ0) is 10.9. The van der Waals surface area contributed by atoms with E-state index in [1.165, 1.54) is 10.9 Å². The summed E-state index contributed by atoms with van der Waals surface area (Å²) in [6.07, 6.45) is 3.97. The Labute approximate surface area is 86.5 Å². The van der Waals surface area contributed by atoms with E-state index in [2.05, 4.69) is 15.2 Å². The first-order chi connectivity index (χ1) is 7.09. The Morgan fingerprint density at radius 1 is 1.33 bits per heavy atom. The van der Waals surface area contributed by atoms with Crippen molar-refractivity contribution in [3.05, 3.63) is 30.7 Å². The highest BCUT2D eigenvalue weighted by Gasteiger charge is 2.17. The predicted octanol–water partition coefficient (Wildman–Crippen LogP) is 0.0658. The van der Waals surface area contributed by atoms with E-state index in [-0.39, 0.29) is 5.16 Å². The summed E-state index contributed by atoms with van der Waals surface area (Å²) in [5, 5.41) is 7.00. The average molecular weight is 224 g/mol. The van der Waals surface area contributed by atoms with Crippen LogP contribution in [0, 0.1) is 0 Å². The number of hydrogen-bond acceptors (Lipinski definition) is 5. The third kappa shape index (κ3) is 1.86. The van der Waals surface area contributed by atoms with Crippen molar-refractivity contribution in [2.45, 2.75) is 5.16 Å². The molecule has 0 atom stereocenters. The fourth-order valence-electron chi connectivity index (χ4n) is 1.13. The van der Waals surface area contributed by atoms with Crippen LogP contribution in [0.3, 0.4) is 0 Å². The molecule has 15 heavy (non-hydrogen) atoms. The van der Waals surface area contributed by atoms with Gasteiger partial charge in [0.2, 0.25) is 9.84 Å². The Morgan fingerprint density at radius 3 is 2.73 bits per heavy atom. The van der Waals surface area contributed by atoms with E-state index in [1.807, 2.05) is 0 Å². The standard InChI is InChI=1S/C8H8N4O2S/c1-15(13,14)8-11-10-6-12(8)7-4-2-3-5-9-7/h2-6H,1H3. The number of rotatable bonds is 2.